The molecule has 2 heteroatoms. The molecule has 0 spiro atoms. The van der Waals surface area contributed by atoms with Gasteiger partial charge in [0.15, 0.2) is 0 Å². The lowest BCUT2D eigenvalue weighted by molar-refractivity contribution is -0.122. The van der Waals surface area contributed by atoms with Crippen LogP contribution in [0.5, 0.6) is 0 Å². The summed E-state index contributed by atoms with van der Waals surface area (Å²) in [5, 5.41) is 0. The van der Waals surface area contributed by atoms with Crippen molar-refractivity contribution in [3.63, 3.8) is 0 Å². The van der Waals surface area contributed by atoms with Crippen LogP contribution in [0.4, 0.5) is 4.39 Å². The topological polar surface area (TPSA) is 17.1 Å². The number of halogens is 1. The van der Waals surface area contributed by atoms with Crippen molar-refractivity contribution in [2.45, 2.75) is 38.3 Å². The van der Waals surface area contributed by atoms with Crippen molar-refractivity contribution in [2.75, 3.05) is 0 Å². The molecule has 0 saturated heterocycles. The standard InChI is InChI=1S/C16H19FO/c1-3-12-6-4-5-7-14(12)15-10-13(11(2)18)8-9-16(15)17/h3-7,13,15-16H,1,8-10H2,2H3. The number of alkyl halides is 1. The summed E-state index contributed by atoms with van der Waals surface area (Å²) in [7, 11) is 0. The van der Waals surface area contributed by atoms with Gasteiger partial charge in [0.05, 0.1) is 0 Å². The molecule has 1 saturated carbocycles. The van der Waals surface area contributed by atoms with Gasteiger partial charge in [-0.15, -0.1) is 0 Å². The highest BCUT2D eigenvalue weighted by Gasteiger charge is 2.34. The fourth-order valence-corrected chi connectivity index (χ4v) is 2.86. The third-order valence-corrected chi connectivity index (χ3v) is 3.96. The summed E-state index contributed by atoms with van der Waals surface area (Å²) in [4.78, 5) is 11.5. The molecule has 0 radical (unpaired) electrons. The second-order valence-corrected chi connectivity index (χ2v) is 5.08. The van der Waals surface area contributed by atoms with Crippen LogP contribution in [0, 0.1) is 5.92 Å². The number of rotatable bonds is 3. The van der Waals surface area contributed by atoms with Crippen molar-refractivity contribution >= 4 is 11.9 Å². The van der Waals surface area contributed by atoms with E-state index in [1.165, 1.54) is 0 Å². The highest BCUT2D eigenvalue weighted by atomic mass is 19.1. The van der Waals surface area contributed by atoms with Crippen LogP contribution in [-0.2, 0) is 4.79 Å². The molecule has 1 aliphatic carbocycles. The number of hydrogen-bond acceptors (Lipinski definition) is 1. The first kappa shape index (κ1) is 13.0. The summed E-state index contributed by atoms with van der Waals surface area (Å²) >= 11 is 0. The Kier molecular flexibility index (Phi) is 3.95. The Hall–Kier alpha value is -1.44. The van der Waals surface area contributed by atoms with E-state index in [1.807, 2.05) is 24.3 Å². The largest absolute Gasteiger partial charge is 0.300 e. The Balaban J connectivity index is 2.29. The Morgan fingerprint density at radius 3 is 2.78 bits per heavy atom. The molecule has 0 bridgehead atoms. The predicted octanol–water partition coefficient (Wildman–Crippen LogP) is 4.14. The van der Waals surface area contributed by atoms with Crippen LogP contribution in [-0.4, -0.2) is 12.0 Å². The summed E-state index contributed by atoms with van der Waals surface area (Å²) in [5.74, 6) is 0.0321. The highest BCUT2D eigenvalue weighted by Crippen LogP contribution is 2.40. The molecule has 0 heterocycles. The van der Waals surface area contributed by atoms with Crippen molar-refractivity contribution in [1.82, 2.24) is 0 Å². The average Bonchev–Trinajstić information content (AvgIpc) is 2.39. The zero-order valence-corrected chi connectivity index (χ0v) is 10.7. The number of Topliss-reactive ketones (excluding diaryl/α,β-unsaturated/α-hetero) is 1. The minimum Gasteiger partial charge on any atom is -0.300 e. The van der Waals surface area contributed by atoms with E-state index in [-0.39, 0.29) is 17.6 Å². The van der Waals surface area contributed by atoms with E-state index < -0.39 is 6.17 Å². The maximum absolute atomic E-state index is 14.1. The zero-order chi connectivity index (χ0) is 13.1. The molecule has 0 amide bonds. The van der Waals surface area contributed by atoms with Crippen molar-refractivity contribution in [1.29, 1.82) is 0 Å². The molecule has 2 rings (SSSR count). The Morgan fingerprint density at radius 1 is 1.39 bits per heavy atom. The first-order valence-corrected chi connectivity index (χ1v) is 6.49. The highest BCUT2D eigenvalue weighted by molar-refractivity contribution is 5.78. The van der Waals surface area contributed by atoms with Gasteiger partial charge >= 0.3 is 0 Å². The van der Waals surface area contributed by atoms with Gasteiger partial charge in [0.2, 0.25) is 0 Å². The van der Waals surface area contributed by atoms with Gasteiger partial charge in [-0.2, -0.15) is 0 Å². The van der Waals surface area contributed by atoms with Crippen molar-refractivity contribution < 1.29 is 9.18 Å². The molecule has 1 aromatic rings. The molecule has 1 nitrogen and oxygen atoms in total. The van der Waals surface area contributed by atoms with Crippen LogP contribution in [0.15, 0.2) is 30.8 Å². The predicted molar refractivity (Wildman–Crippen MR) is 72.2 cm³/mol. The van der Waals surface area contributed by atoms with E-state index in [4.69, 9.17) is 0 Å². The fraction of sp³-hybridized carbons (Fsp3) is 0.438. The first-order valence-electron chi connectivity index (χ1n) is 6.49. The number of benzene rings is 1. The number of carbonyl (C=O) groups is 1. The van der Waals surface area contributed by atoms with Crippen LogP contribution in [0.1, 0.15) is 43.2 Å². The summed E-state index contributed by atoms with van der Waals surface area (Å²) in [5.41, 5.74) is 1.97. The van der Waals surface area contributed by atoms with Crippen LogP contribution in [0.2, 0.25) is 0 Å². The molecule has 1 aliphatic rings. The monoisotopic (exact) mass is 246 g/mol. The van der Waals surface area contributed by atoms with Gasteiger partial charge in [-0.3, -0.25) is 4.79 Å². The number of hydrogen-bond donors (Lipinski definition) is 0. The molecule has 1 fully saturated rings. The Bertz CT molecular complexity index is 452. The number of ketones is 1. The van der Waals surface area contributed by atoms with Crippen molar-refractivity contribution in [2.24, 2.45) is 5.92 Å². The summed E-state index contributed by atoms with van der Waals surface area (Å²) in [6, 6.07) is 7.76. The van der Waals surface area contributed by atoms with E-state index in [1.54, 1.807) is 13.0 Å². The second kappa shape index (κ2) is 5.47. The second-order valence-electron chi connectivity index (χ2n) is 5.08. The SMILES string of the molecule is C=Cc1ccccc1C1CC(C(C)=O)CCC1F. The van der Waals surface area contributed by atoms with Gasteiger partial charge in [0.1, 0.15) is 12.0 Å². The molecule has 0 aromatic heterocycles. The lowest BCUT2D eigenvalue weighted by atomic mass is 9.74. The summed E-state index contributed by atoms with van der Waals surface area (Å²) in [6.45, 7) is 5.39. The van der Waals surface area contributed by atoms with Crippen LogP contribution in [0.25, 0.3) is 6.08 Å². The first-order chi connectivity index (χ1) is 8.63. The lowest BCUT2D eigenvalue weighted by Gasteiger charge is -2.32. The Labute approximate surface area is 108 Å². The van der Waals surface area contributed by atoms with E-state index in [0.29, 0.717) is 19.3 Å². The molecule has 3 unspecified atom stereocenters. The van der Waals surface area contributed by atoms with E-state index in [2.05, 4.69) is 6.58 Å². The Morgan fingerprint density at radius 2 is 2.11 bits per heavy atom. The van der Waals surface area contributed by atoms with Crippen LogP contribution >= 0.6 is 0 Å². The molecule has 3 atom stereocenters. The van der Waals surface area contributed by atoms with E-state index >= 15 is 0 Å². The quantitative estimate of drug-likeness (QED) is 0.783. The molecule has 18 heavy (non-hydrogen) atoms. The fourth-order valence-electron chi connectivity index (χ4n) is 2.86. The zero-order valence-electron chi connectivity index (χ0n) is 10.7. The maximum Gasteiger partial charge on any atom is 0.132 e. The van der Waals surface area contributed by atoms with Gasteiger partial charge < -0.3 is 0 Å². The minimum absolute atomic E-state index is 0.0138. The molecule has 0 aliphatic heterocycles. The smallest absolute Gasteiger partial charge is 0.132 e. The lowest BCUT2D eigenvalue weighted by Crippen LogP contribution is -2.28. The van der Waals surface area contributed by atoms with E-state index in [0.717, 1.165) is 11.1 Å². The minimum atomic E-state index is -0.846. The summed E-state index contributed by atoms with van der Waals surface area (Å²) in [6.07, 6.45) is 2.71. The van der Waals surface area contributed by atoms with Crippen LogP contribution in [0.3, 0.4) is 0 Å². The van der Waals surface area contributed by atoms with Gasteiger partial charge in [-0.1, -0.05) is 36.9 Å². The third kappa shape index (κ3) is 2.53. The molecule has 0 N–H and O–H groups in total. The summed E-state index contributed by atoms with van der Waals surface area (Å²) < 4.78 is 14.1. The average molecular weight is 246 g/mol. The molecular formula is C16H19FO. The van der Waals surface area contributed by atoms with Gasteiger partial charge in [-0.05, 0) is 37.3 Å². The van der Waals surface area contributed by atoms with Crippen molar-refractivity contribution in [3.05, 3.63) is 42.0 Å². The van der Waals surface area contributed by atoms with Crippen molar-refractivity contribution in [3.8, 4) is 0 Å². The molecular weight excluding hydrogens is 227 g/mol. The third-order valence-electron chi connectivity index (χ3n) is 3.96. The van der Waals surface area contributed by atoms with E-state index in [9.17, 15) is 9.18 Å². The van der Waals surface area contributed by atoms with Gasteiger partial charge in [0, 0.05) is 11.8 Å². The molecule has 1 aromatic carbocycles. The van der Waals surface area contributed by atoms with Gasteiger partial charge in [0.25, 0.3) is 0 Å². The molecule has 96 valence electrons. The number of carbonyl (C=O) groups excluding carboxylic acids is 1. The normalized spacial score (nSPS) is 27.8. The van der Waals surface area contributed by atoms with Crippen LogP contribution < -0.4 is 0 Å². The maximum atomic E-state index is 14.1. The van der Waals surface area contributed by atoms with Gasteiger partial charge in [-0.25, -0.2) is 4.39 Å².